The Morgan fingerprint density at radius 3 is 0.949 bits per heavy atom. The summed E-state index contributed by atoms with van der Waals surface area (Å²) in [5.74, 6) is -30.3. The lowest BCUT2D eigenvalue weighted by Crippen LogP contribution is -2.63. The van der Waals surface area contributed by atoms with Gasteiger partial charge in [0, 0.05) is 0 Å². The van der Waals surface area contributed by atoms with E-state index in [2.05, 4.69) is 0 Å². The minimum absolute atomic E-state index is 0.467. The van der Waals surface area contributed by atoms with Crippen LogP contribution in [0.25, 0.3) is 0 Å². The molecule has 6 aromatic carbocycles. The predicted molar refractivity (Wildman–Crippen MR) is 244 cm³/mol. The van der Waals surface area contributed by atoms with Crippen molar-refractivity contribution < 1.29 is 149 Å². The average molecular weight is 1090 g/mol. The molecule has 1 aliphatic heterocycles. The first-order valence-electron chi connectivity index (χ1n) is 21.3. The van der Waals surface area contributed by atoms with E-state index in [0.717, 1.165) is 0 Å². The molecule has 0 aliphatic carbocycles. The number of hydrogen-bond acceptors (Lipinski definition) is 30. The summed E-state index contributed by atoms with van der Waals surface area (Å²) >= 11 is 0. The zero-order valence-electron chi connectivity index (χ0n) is 38.4. The average Bonchev–Trinajstić information content (AvgIpc) is 3.38. The highest BCUT2D eigenvalue weighted by atomic mass is 16.7. The van der Waals surface area contributed by atoms with Gasteiger partial charge >= 0.3 is 35.8 Å². The molecule has 1 saturated heterocycles. The molecule has 0 aromatic heterocycles. The van der Waals surface area contributed by atoms with Gasteiger partial charge in [0.05, 0.1) is 33.4 Å². The number of rotatable bonds is 13. The lowest BCUT2D eigenvalue weighted by molar-refractivity contribution is -0.282. The van der Waals surface area contributed by atoms with Crippen LogP contribution in [-0.2, 0) is 28.4 Å². The van der Waals surface area contributed by atoms with Crippen LogP contribution in [0.5, 0.6) is 103 Å². The molecular weight excluding hydrogens is 1060 g/mol. The van der Waals surface area contributed by atoms with Crippen molar-refractivity contribution in [1.29, 1.82) is 0 Å². The third-order valence-corrected chi connectivity index (χ3v) is 10.9. The largest absolute Gasteiger partial charge is 0.504 e. The van der Waals surface area contributed by atoms with Crippen molar-refractivity contribution in [2.75, 3.05) is 6.61 Å². The van der Waals surface area contributed by atoms with E-state index < -0.39 is 210 Å². The zero-order valence-corrected chi connectivity index (χ0v) is 38.4. The highest BCUT2D eigenvalue weighted by molar-refractivity contribution is 5.96. The van der Waals surface area contributed by atoms with Gasteiger partial charge in [-0.05, 0) is 72.8 Å². The standard InChI is InChI=1S/C48H36O30/c49-20-1-14(2-21(50)33(20)60)42(66)72-13-32-39(75-44(68)16-5-24(53)35(62)25(54)6-16)40(76-45(69)17-7-26(55)36(63)27(56)8-17)41(77-46(70)18-9-28(57)37(64)29(58)10-18)48(74-32)78-47(71)19-11-30(59)38(65)31(12-19)73-43(67)15-3-22(51)34(61)23(52)4-15/h1-12,32,39-41,48-65H,13H2/t32-,39-,40+,41-,48+/m1/s1. The second-order valence-corrected chi connectivity index (χ2v) is 16.2. The second-order valence-electron chi connectivity index (χ2n) is 16.2. The summed E-state index contributed by atoms with van der Waals surface area (Å²) in [7, 11) is 0. The predicted octanol–water partition coefficient (Wildman–Crippen LogP) is 2.32. The smallest absolute Gasteiger partial charge is 0.343 e. The Morgan fingerprint density at radius 1 is 0.321 bits per heavy atom. The van der Waals surface area contributed by atoms with Crippen molar-refractivity contribution in [2.24, 2.45) is 0 Å². The summed E-state index contributed by atoms with van der Waals surface area (Å²) in [6.07, 6.45) is -12.8. The quantitative estimate of drug-likeness (QED) is 0.0341. The Kier molecular flexibility index (Phi) is 14.9. The molecule has 0 amide bonds. The molecule has 78 heavy (non-hydrogen) atoms. The molecular formula is C48H36O30. The number of esters is 6. The number of hydrogen-bond donors (Lipinski definition) is 17. The van der Waals surface area contributed by atoms with E-state index in [1.54, 1.807) is 0 Å². The van der Waals surface area contributed by atoms with Gasteiger partial charge in [-0.15, -0.1) is 0 Å². The fourth-order valence-electron chi connectivity index (χ4n) is 7.06. The molecule has 0 spiro atoms. The van der Waals surface area contributed by atoms with Gasteiger partial charge < -0.3 is 120 Å². The molecule has 408 valence electrons. The van der Waals surface area contributed by atoms with Crippen LogP contribution in [-0.4, -0.2) is 160 Å². The van der Waals surface area contributed by atoms with E-state index in [0.29, 0.717) is 72.8 Å². The van der Waals surface area contributed by atoms with E-state index in [-0.39, 0.29) is 0 Å². The van der Waals surface area contributed by atoms with E-state index >= 15 is 0 Å². The maximum Gasteiger partial charge on any atom is 0.343 e. The molecule has 6 aromatic rings. The number of benzene rings is 6. The monoisotopic (exact) mass is 1090 g/mol. The van der Waals surface area contributed by atoms with Crippen molar-refractivity contribution >= 4 is 35.8 Å². The molecule has 0 saturated carbocycles. The van der Waals surface area contributed by atoms with E-state index in [1.807, 2.05) is 0 Å². The normalized spacial score (nSPS) is 16.7. The summed E-state index contributed by atoms with van der Waals surface area (Å²) in [4.78, 5) is 82.8. The highest BCUT2D eigenvalue weighted by Crippen LogP contribution is 2.43. The van der Waals surface area contributed by atoms with Gasteiger partial charge in [0.1, 0.15) is 12.7 Å². The van der Waals surface area contributed by atoms with Crippen LogP contribution in [0.4, 0.5) is 0 Å². The van der Waals surface area contributed by atoms with Crippen LogP contribution in [0.1, 0.15) is 62.1 Å². The molecule has 0 unspecified atom stereocenters. The molecule has 5 atom stereocenters. The lowest BCUT2D eigenvalue weighted by Gasteiger charge is -2.43. The first kappa shape index (κ1) is 54.5. The minimum Gasteiger partial charge on any atom is -0.504 e. The van der Waals surface area contributed by atoms with Gasteiger partial charge in [0.15, 0.2) is 110 Å². The minimum atomic E-state index is -2.70. The third kappa shape index (κ3) is 11.1. The van der Waals surface area contributed by atoms with Crippen molar-refractivity contribution in [2.45, 2.75) is 30.7 Å². The summed E-state index contributed by atoms with van der Waals surface area (Å²) < 4.78 is 38.6. The van der Waals surface area contributed by atoms with Crippen molar-refractivity contribution in [3.63, 3.8) is 0 Å². The number of carbonyl (C=O) groups excluding carboxylic acids is 6. The van der Waals surface area contributed by atoms with Crippen LogP contribution >= 0.6 is 0 Å². The Hall–Kier alpha value is -11.3. The van der Waals surface area contributed by atoms with Gasteiger partial charge in [0.2, 0.25) is 18.1 Å². The maximum absolute atomic E-state index is 14.2. The van der Waals surface area contributed by atoms with E-state index in [4.69, 9.17) is 33.2 Å². The molecule has 30 heteroatoms. The van der Waals surface area contributed by atoms with Gasteiger partial charge in [-0.2, -0.15) is 0 Å². The number of ether oxygens (including phenoxy) is 7. The van der Waals surface area contributed by atoms with Gasteiger partial charge in [0.25, 0.3) is 0 Å². The summed E-state index contributed by atoms with van der Waals surface area (Å²) in [6, 6.07) is 6.37. The molecule has 30 nitrogen and oxygen atoms in total. The second kappa shape index (κ2) is 21.3. The summed E-state index contributed by atoms with van der Waals surface area (Å²) in [5, 5.41) is 172. The van der Waals surface area contributed by atoms with E-state index in [1.165, 1.54) is 0 Å². The van der Waals surface area contributed by atoms with Crippen molar-refractivity contribution in [1.82, 2.24) is 0 Å². The topological polar surface area (TPSA) is 511 Å². The van der Waals surface area contributed by atoms with Crippen molar-refractivity contribution in [3.05, 3.63) is 106 Å². The molecule has 7 rings (SSSR count). The van der Waals surface area contributed by atoms with Gasteiger partial charge in [-0.25, -0.2) is 28.8 Å². The Bertz CT molecular complexity index is 3340. The van der Waals surface area contributed by atoms with Gasteiger partial charge in [-0.1, -0.05) is 0 Å². The Morgan fingerprint density at radius 2 is 0.590 bits per heavy atom. The molecule has 1 fully saturated rings. The molecule has 0 bridgehead atoms. The Balaban J connectivity index is 1.38. The summed E-state index contributed by atoms with van der Waals surface area (Å²) in [6.45, 7) is -1.34. The number of carbonyl (C=O) groups is 6. The van der Waals surface area contributed by atoms with Crippen LogP contribution in [0.3, 0.4) is 0 Å². The lowest BCUT2D eigenvalue weighted by atomic mass is 9.97. The maximum atomic E-state index is 14.2. The van der Waals surface area contributed by atoms with Crippen molar-refractivity contribution in [3.8, 4) is 103 Å². The fourth-order valence-corrected chi connectivity index (χ4v) is 7.06. The highest BCUT2D eigenvalue weighted by Gasteiger charge is 2.55. The summed E-state index contributed by atoms with van der Waals surface area (Å²) in [5.41, 5.74) is -4.94. The SMILES string of the molecule is O=C(OC[C@H]1O[C@@H](OC(=O)c2cc(O)c(O)c(OC(=O)c3cc(O)c(O)c(O)c3)c2)[C@H](OC(=O)c2cc(O)c(O)c(O)c2)[C@@H](OC(=O)c2cc(O)c(O)c(O)c2)[C@@H]1OC(=O)c1cc(O)c(O)c(O)c1)c1cc(O)c(O)c(O)c1. The number of aromatic hydroxyl groups is 17. The number of phenolic OH excluding ortho intramolecular Hbond substituents is 17. The molecule has 0 radical (unpaired) electrons. The number of phenols is 17. The molecule has 1 aliphatic rings. The fraction of sp³-hybridized carbons (Fsp3) is 0.125. The first-order valence-corrected chi connectivity index (χ1v) is 21.3. The zero-order chi connectivity index (χ0) is 57.3. The third-order valence-electron chi connectivity index (χ3n) is 10.9. The van der Waals surface area contributed by atoms with Crippen LogP contribution in [0.15, 0.2) is 72.8 Å². The first-order chi connectivity index (χ1) is 36.6. The van der Waals surface area contributed by atoms with Crippen LogP contribution < -0.4 is 4.74 Å². The molecule has 1 heterocycles. The van der Waals surface area contributed by atoms with Crippen LogP contribution in [0, 0.1) is 0 Å². The Labute approximate surface area is 430 Å². The van der Waals surface area contributed by atoms with Crippen LogP contribution in [0.2, 0.25) is 0 Å². The van der Waals surface area contributed by atoms with Gasteiger partial charge in [-0.3, -0.25) is 0 Å². The van der Waals surface area contributed by atoms with E-state index in [9.17, 15) is 116 Å². The molecule has 17 N–H and O–H groups in total.